The Balaban J connectivity index is 2.63. The molecular weight excluding hydrogens is 190 g/mol. The van der Waals surface area contributed by atoms with E-state index in [1.54, 1.807) is 6.92 Å². The summed E-state index contributed by atoms with van der Waals surface area (Å²) < 4.78 is 0. The van der Waals surface area contributed by atoms with Gasteiger partial charge in [-0.25, -0.2) is 0 Å². The lowest BCUT2D eigenvalue weighted by Gasteiger charge is -2.06. The molecule has 15 heavy (non-hydrogen) atoms. The van der Waals surface area contributed by atoms with Gasteiger partial charge in [-0.05, 0) is 30.6 Å². The van der Waals surface area contributed by atoms with Crippen LogP contribution in [0.15, 0.2) is 35.5 Å². The molecule has 78 valence electrons. The van der Waals surface area contributed by atoms with Crippen LogP contribution in [0.2, 0.25) is 0 Å². The van der Waals surface area contributed by atoms with Crippen molar-refractivity contribution in [3.8, 4) is 11.8 Å². The summed E-state index contributed by atoms with van der Waals surface area (Å²) in [5, 5.41) is 10.2. The molecule has 0 aliphatic heterocycles. The maximum Gasteiger partial charge on any atom is 0.207 e. The molecule has 1 aliphatic carbocycles. The van der Waals surface area contributed by atoms with Crippen molar-refractivity contribution < 1.29 is 4.92 Å². The average Bonchev–Trinajstić information content (AvgIpc) is 2.24. The van der Waals surface area contributed by atoms with Crippen LogP contribution in [0.25, 0.3) is 0 Å². The van der Waals surface area contributed by atoms with E-state index >= 15 is 0 Å². The summed E-state index contributed by atoms with van der Waals surface area (Å²) in [4.78, 5) is 9.92. The van der Waals surface area contributed by atoms with Gasteiger partial charge in [-0.1, -0.05) is 24.1 Å². The lowest BCUT2D eigenvalue weighted by molar-refractivity contribution is -0.479. The SMILES string of the molecule is CC#C/C=C1\C=C(CC[N+](=O)[O-])C=CC1. The summed E-state index contributed by atoms with van der Waals surface area (Å²) >= 11 is 0. The van der Waals surface area contributed by atoms with Gasteiger partial charge in [-0.2, -0.15) is 0 Å². The molecule has 3 heteroatoms. The summed E-state index contributed by atoms with van der Waals surface area (Å²) in [5.41, 5.74) is 2.12. The van der Waals surface area contributed by atoms with Gasteiger partial charge in [0.1, 0.15) is 0 Å². The van der Waals surface area contributed by atoms with E-state index in [0.717, 1.165) is 17.6 Å². The van der Waals surface area contributed by atoms with Crippen LogP contribution in [0.3, 0.4) is 0 Å². The molecule has 0 aromatic heterocycles. The van der Waals surface area contributed by atoms with Crippen LogP contribution in [0.5, 0.6) is 0 Å². The molecule has 0 radical (unpaired) electrons. The molecular formula is C12H13NO2. The van der Waals surface area contributed by atoms with Crippen molar-refractivity contribution in [2.45, 2.75) is 19.8 Å². The summed E-state index contributed by atoms with van der Waals surface area (Å²) in [5.74, 6) is 5.67. The highest BCUT2D eigenvalue weighted by Crippen LogP contribution is 2.17. The quantitative estimate of drug-likeness (QED) is 0.402. The second-order valence-electron chi connectivity index (χ2n) is 3.25. The van der Waals surface area contributed by atoms with Crippen molar-refractivity contribution in [1.82, 2.24) is 0 Å². The molecule has 0 fully saturated rings. The van der Waals surface area contributed by atoms with Crippen molar-refractivity contribution in [2.24, 2.45) is 0 Å². The maximum absolute atomic E-state index is 10.2. The van der Waals surface area contributed by atoms with Crippen LogP contribution in [0.1, 0.15) is 19.8 Å². The third-order valence-electron chi connectivity index (χ3n) is 2.04. The van der Waals surface area contributed by atoms with Crippen LogP contribution in [-0.4, -0.2) is 11.5 Å². The van der Waals surface area contributed by atoms with Crippen LogP contribution < -0.4 is 0 Å². The van der Waals surface area contributed by atoms with E-state index < -0.39 is 0 Å². The Morgan fingerprint density at radius 1 is 1.67 bits per heavy atom. The highest BCUT2D eigenvalue weighted by atomic mass is 16.6. The second-order valence-corrected chi connectivity index (χ2v) is 3.25. The predicted octanol–water partition coefficient (Wildman–Crippen LogP) is 2.49. The number of rotatable bonds is 3. The predicted molar refractivity (Wildman–Crippen MR) is 59.9 cm³/mol. The average molecular weight is 203 g/mol. The first kappa shape index (κ1) is 11.3. The number of nitrogens with zero attached hydrogens (tertiary/aromatic N) is 1. The summed E-state index contributed by atoms with van der Waals surface area (Å²) in [7, 11) is 0. The highest BCUT2D eigenvalue weighted by molar-refractivity contribution is 5.39. The Morgan fingerprint density at radius 3 is 3.13 bits per heavy atom. The third kappa shape index (κ3) is 4.28. The third-order valence-corrected chi connectivity index (χ3v) is 2.04. The summed E-state index contributed by atoms with van der Waals surface area (Å²) in [6.45, 7) is 1.77. The second kappa shape index (κ2) is 5.82. The zero-order valence-corrected chi connectivity index (χ0v) is 8.69. The van der Waals surface area contributed by atoms with E-state index in [1.165, 1.54) is 0 Å². The van der Waals surface area contributed by atoms with Gasteiger partial charge in [-0.15, -0.1) is 5.92 Å². The zero-order chi connectivity index (χ0) is 11.1. The van der Waals surface area contributed by atoms with Crippen LogP contribution in [-0.2, 0) is 0 Å². The molecule has 1 aliphatic rings. The maximum atomic E-state index is 10.2. The molecule has 0 saturated carbocycles. The Bertz CT molecular complexity index is 392. The number of hydrogen-bond acceptors (Lipinski definition) is 2. The van der Waals surface area contributed by atoms with E-state index in [2.05, 4.69) is 11.8 Å². The van der Waals surface area contributed by atoms with E-state index in [1.807, 2.05) is 24.3 Å². The first-order chi connectivity index (χ1) is 7.22. The normalized spacial score (nSPS) is 16.9. The van der Waals surface area contributed by atoms with Gasteiger partial charge in [0.05, 0.1) is 0 Å². The lowest BCUT2D eigenvalue weighted by Crippen LogP contribution is -2.02. The van der Waals surface area contributed by atoms with Crippen molar-refractivity contribution >= 4 is 0 Å². The van der Waals surface area contributed by atoms with Gasteiger partial charge in [0.25, 0.3) is 0 Å². The van der Waals surface area contributed by atoms with Crippen LogP contribution in [0, 0.1) is 22.0 Å². The van der Waals surface area contributed by atoms with Crippen LogP contribution in [0.4, 0.5) is 0 Å². The van der Waals surface area contributed by atoms with Gasteiger partial charge in [0.2, 0.25) is 6.54 Å². The fourth-order valence-electron chi connectivity index (χ4n) is 1.33. The number of allylic oxidation sites excluding steroid dienone is 5. The summed E-state index contributed by atoms with van der Waals surface area (Å²) in [6.07, 6.45) is 9.14. The fourth-order valence-corrected chi connectivity index (χ4v) is 1.33. The molecule has 0 unspecified atom stereocenters. The van der Waals surface area contributed by atoms with E-state index in [-0.39, 0.29) is 11.5 Å². The Morgan fingerprint density at radius 2 is 2.47 bits per heavy atom. The van der Waals surface area contributed by atoms with E-state index in [9.17, 15) is 10.1 Å². The Kier molecular flexibility index (Phi) is 4.36. The van der Waals surface area contributed by atoms with Gasteiger partial charge in [0.15, 0.2) is 0 Å². The largest absolute Gasteiger partial charge is 0.265 e. The minimum Gasteiger partial charge on any atom is -0.265 e. The first-order valence-electron chi connectivity index (χ1n) is 4.82. The fraction of sp³-hybridized carbons (Fsp3) is 0.333. The molecule has 3 nitrogen and oxygen atoms in total. The molecule has 0 aromatic rings. The van der Waals surface area contributed by atoms with E-state index in [4.69, 9.17) is 0 Å². The lowest BCUT2D eigenvalue weighted by atomic mass is 10.00. The zero-order valence-electron chi connectivity index (χ0n) is 8.69. The van der Waals surface area contributed by atoms with Gasteiger partial charge in [-0.3, -0.25) is 10.1 Å². The number of hydrogen-bond donors (Lipinski definition) is 0. The van der Waals surface area contributed by atoms with Crippen molar-refractivity contribution in [2.75, 3.05) is 6.54 Å². The van der Waals surface area contributed by atoms with Crippen molar-refractivity contribution in [1.29, 1.82) is 0 Å². The smallest absolute Gasteiger partial charge is 0.207 e. The molecule has 0 bridgehead atoms. The summed E-state index contributed by atoms with van der Waals surface area (Å²) in [6, 6.07) is 0. The molecule has 1 rings (SSSR count). The molecule has 0 atom stereocenters. The monoisotopic (exact) mass is 203 g/mol. The van der Waals surface area contributed by atoms with Gasteiger partial charge in [0, 0.05) is 11.3 Å². The Hall–Kier alpha value is -1.82. The molecule has 0 N–H and O–H groups in total. The van der Waals surface area contributed by atoms with Gasteiger partial charge < -0.3 is 0 Å². The van der Waals surface area contributed by atoms with E-state index in [0.29, 0.717) is 6.42 Å². The number of nitro groups is 1. The molecule has 0 spiro atoms. The molecule has 0 aromatic carbocycles. The van der Waals surface area contributed by atoms with Gasteiger partial charge >= 0.3 is 0 Å². The molecule has 0 heterocycles. The van der Waals surface area contributed by atoms with Crippen molar-refractivity contribution in [3.63, 3.8) is 0 Å². The minimum atomic E-state index is -0.293. The molecule has 0 saturated heterocycles. The van der Waals surface area contributed by atoms with Crippen molar-refractivity contribution in [3.05, 3.63) is 45.6 Å². The Labute approximate surface area is 89.3 Å². The highest BCUT2D eigenvalue weighted by Gasteiger charge is 2.04. The minimum absolute atomic E-state index is 0.0110. The molecule has 0 amide bonds. The topological polar surface area (TPSA) is 43.1 Å². The first-order valence-corrected chi connectivity index (χ1v) is 4.82. The standard InChI is InChI=1S/C12H13NO2/c1-2-3-5-11-6-4-7-12(10-11)8-9-13(14)15/h4-5,7,10H,6,8-9H2,1H3/b11-5-. The van der Waals surface area contributed by atoms with Crippen LogP contribution >= 0.6 is 0 Å².